The molecule has 0 fully saturated rings. The SMILES string of the molecule is Oc1ccc(Oc2cc(NCCC(F)(F)F)c3nc[nH]c3c2)cc1F. The standard InChI is InChI=1S/C16H13F4N3O2/c17-11-5-9(1-2-14(11)24)25-10-6-12(21-4-3-16(18,19)20)15-13(7-10)22-8-23-15/h1-2,5-8,21,24H,3-4H2,(H,22,23). The van der Waals surface area contributed by atoms with Gasteiger partial charge in [0.2, 0.25) is 0 Å². The zero-order valence-corrected chi connectivity index (χ0v) is 12.7. The number of ether oxygens (including phenoxy) is 1. The molecule has 9 heteroatoms. The Bertz CT molecular complexity index is 893. The highest BCUT2D eigenvalue weighted by Crippen LogP contribution is 2.32. The molecule has 0 amide bonds. The molecule has 3 rings (SSSR count). The van der Waals surface area contributed by atoms with E-state index >= 15 is 0 Å². The van der Waals surface area contributed by atoms with Crippen LogP contribution in [0.2, 0.25) is 0 Å². The van der Waals surface area contributed by atoms with Crippen LogP contribution in [0.4, 0.5) is 23.2 Å². The molecule has 2 aromatic carbocycles. The molecule has 0 aliphatic carbocycles. The minimum Gasteiger partial charge on any atom is -0.505 e. The van der Waals surface area contributed by atoms with E-state index in [0.717, 1.165) is 12.1 Å². The highest BCUT2D eigenvalue weighted by Gasteiger charge is 2.26. The normalized spacial score (nSPS) is 11.7. The molecule has 0 unspecified atom stereocenters. The van der Waals surface area contributed by atoms with Gasteiger partial charge in [0.15, 0.2) is 11.6 Å². The fourth-order valence-corrected chi connectivity index (χ4v) is 2.24. The maximum atomic E-state index is 13.4. The topological polar surface area (TPSA) is 70.2 Å². The molecule has 132 valence electrons. The summed E-state index contributed by atoms with van der Waals surface area (Å²) in [5.74, 6) is -0.943. The lowest BCUT2D eigenvalue weighted by Gasteiger charge is -2.12. The molecule has 1 aromatic heterocycles. The lowest BCUT2D eigenvalue weighted by atomic mass is 10.2. The summed E-state index contributed by atoms with van der Waals surface area (Å²) in [5.41, 5.74) is 1.37. The third-order valence-corrected chi connectivity index (χ3v) is 3.38. The van der Waals surface area contributed by atoms with Crippen molar-refractivity contribution in [2.24, 2.45) is 0 Å². The Morgan fingerprint density at radius 3 is 2.68 bits per heavy atom. The molecule has 0 radical (unpaired) electrons. The number of hydrogen-bond donors (Lipinski definition) is 3. The molecule has 0 bridgehead atoms. The second kappa shape index (κ2) is 6.50. The summed E-state index contributed by atoms with van der Waals surface area (Å²) in [6, 6.07) is 6.57. The molecule has 5 nitrogen and oxygen atoms in total. The molecule has 0 saturated carbocycles. The number of H-pyrrole nitrogens is 1. The van der Waals surface area contributed by atoms with Gasteiger partial charge >= 0.3 is 6.18 Å². The Kier molecular flexibility index (Phi) is 4.39. The highest BCUT2D eigenvalue weighted by atomic mass is 19.4. The molecule has 25 heavy (non-hydrogen) atoms. The second-order valence-electron chi connectivity index (χ2n) is 5.28. The number of nitrogens with zero attached hydrogens (tertiary/aromatic N) is 1. The average Bonchev–Trinajstić information content (AvgIpc) is 2.98. The first-order valence-corrected chi connectivity index (χ1v) is 7.26. The molecule has 3 N–H and O–H groups in total. The van der Waals surface area contributed by atoms with E-state index in [1.54, 1.807) is 6.07 Å². The van der Waals surface area contributed by atoms with E-state index < -0.39 is 24.2 Å². The molecular weight excluding hydrogens is 342 g/mol. The predicted molar refractivity (Wildman–Crippen MR) is 83.4 cm³/mol. The Hall–Kier alpha value is -2.97. The van der Waals surface area contributed by atoms with Gasteiger partial charge in [-0.25, -0.2) is 9.37 Å². The van der Waals surface area contributed by atoms with Crippen molar-refractivity contribution in [3.8, 4) is 17.2 Å². The highest BCUT2D eigenvalue weighted by molar-refractivity contribution is 5.89. The average molecular weight is 355 g/mol. The van der Waals surface area contributed by atoms with E-state index in [1.165, 1.54) is 18.5 Å². The van der Waals surface area contributed by atoms with Crippen LogP contribution in [0, 0.1) is 5.82 Å². The third-order valence-electron chi connectivity index (χ3n) is 3.38. The van der Waals surface area contributed by atoms with Crippen molar-refractivity contribution in [1.82, 2.24) is 9.97 Å². The Balaban J connectivity index is 1.84. The number of aromatic nitrogens is 2. The van der Waals surface area contributed by atoms with Gasteiger partial charge in [-0.2, -0.15) is 13.2 Å². The van der Waals surface area contributed by atoms with Crippen LogP contribution in [0.25, 0.3) is 11.0 Å². The number of halogens is 4. The van der Waals surface area contributed by atoms with Crippen LogP contribution in [0.1, 0.15) is 6.42 Å². The van der Waals surface area contributed by atoms with Crippen LogP contribution >= 0.6 is 0 Å². The number of benzene rings is 2. The van der Waals surface area contributed by atoms with Crippen molar-refractivity contribution in [2.75, 3.05) is 11.9 Å². The number of phenols is 1. The van der Waals surface area contributed by atoms with Crippen LogP contribution in [0.15, 0.2) is 36.7 Å². The largest absolute Gasteiger partial charge is 0.505 e. The molecule has 0 atom stereocenters. The minimum atomic E-state index is -4.27. The van der Waals surface area contributed by atoms with Crippen LogP contribution < -0.4 is 10.1 Å². The quantitative estimate of drug-likeness (QED) is 0.587. The van der Waals surface area contributed by atoms with Gasteiger partial charge in [0.1, 0.15) is 17.0 Å². The predicted octanol–water partition coefficient (Wildman–Crippen LogP) is 4.56. The molecule has 1 heterocycles. The van der Waals surface area contributed by atoms with Crippen molar-refractivity contribution in [1.29, 1.82) is 0 Å². The Labute approximate surface area is 139 Å². The van der Waals surface area contributed by atoms with Gasteiger partial charge in [0.05, 0.1) is 24.0 Å². The van der Waals surface area contributed by atoms with Gasteiger partial charge in [0, 0.05) is 24.7 Å². The number of anilines is 1. The van der Waals surface area contributed by atoms with Crippen LogP contribution in [0.3, 0.4) is 0 Å². The van der Waals surface area contributed by atoms with Crippen LogP contribution in [0.5, 0.6) is 17.2 Å². The molecule has 0 aliphatic rings. The first-order valence-electron chi connectivity index (χ1n) is 7.26. The number of phenolic OH excluding ortho intramolecular Hbond substituents is 1. The fraction of sp³-hybridized carbons (Fsp3) is 0.188. The molecular formula is C16H13F4N3O2. The van der Waals surface area contributed by atoms with E-state index in [0.29, 0.717) is 16.7 Å². The van der Waals surface area contributed by atoms with Crippen molar-refractivity contribution < 1.29 is 27.4 Å². The number of nitrogens with one attached hydrogen (secondary N) is 2. The van der Waals surface area contributed by atoms with Crippen molar-refractivity contribution >= 4 is 16.7 Å². The Morgan fingerprint density at radius 2 is 1.96 bits per heavy atom. The van der Waals surface area contributed by atoms with Crippen LogP contribution in [-0.2, 0) is 0 Å². The number of rotatable bonds is 5. The summed E-state index contributed by atoms with van der Waals surface area (Å²) in [4.78, 5) is 6.91. The summed E-state index contributed by atoms with van der Waals surface area (Å²) in [7, 11) is 0. The first-order chi connectivity index (χ1) is 11.8. The van der Waals surface area contributed by atoms with Crippen LogP contribution in [-0.4, -0.2) is 27.8 Å². The third kappa shape index (κ3) is 4.11. The maximum absolute atomic E-state index is 13.4. The number of aromatic hydroxyl groups is 1. The molecule has 0 aliphatic heterocycles. The van der Waals surface area contributed by atoms with Gasteiger partial charge in [-0.05, 0) is 12.1 Å². The number of imidazole rings is 1. The van der Waals surface area contributed by atoms with Gasteiger partial charge in [-0.3, -0.25) is 0 Å². The zero-order chi connectivity index (χ0) is 18.0. The van der Waals surface area contributed by atoms with E-state index in [1.807, 2.05) is 0 Å². The first kappa shape index (κ1) is 16.9. The lowest BCUT2D eigenvalue weighted by molar-refractivity contribution is -0.131. The molecule has 0 saturated heterocycles. The number of alkyl halides is 3. The summed E-state index contributed by atoms with van der Waals surface area (Å²) < 4.78 is 55.8. The van der Waals surface area contributed by atoms with Gasteiger partial charge in [0.25, 0.3) is 0 Å². The van der Waals surface area contributed by atoms with E-state index in [2.05, 4.69) is 15.3 Å². The number of hydrogen-bond acceptors (Lipinski definition) is 4. The Morgan fingerprint density at radius 1 is 1.16 bits per heavy atom. The molecule has 3 aromatic rings. The summed E-state index contributed by atoms with van der Waals surface area (Å²) in [6.45, 7) is -0.317. The number of fused-ring (bicyclic) bond motifs is 1. The van der Waals surface area contributed by atoms with E-state index in [9.17, 15) is 22.7 Å². The van der Waals surface area contributed by atoms with E-state index in [-0.39, 0.29) is 18.0 Å². The van der Waals surface area contributed by atoms with Gasteiger partial charge in [-0.15, -0.1) is 0 Å². The fourth-order valence-electron chi connectivity index (χ4n) is 2.24. The van der Waals surface area contributed by atoms with Gasteiger partial charge in [-0.1, -0.05) is 0 Å². The zero-order valence-electron chi connectivity index (χ0n) is 12.7. The summed E-state index contributed by atoms with van der Waals surface area (Å²) in [6.07, 6.45) is -3.86. The molecule has 0 spiro atoms. The smallest absolute Gasteiger partial charge is 0.390 e. The van der Waals surface area contributed by atoms with E-state index in [4.69, 9.17) is 4.74 Å². The summed E-state index contributed by atoms with van der Waals surface area (Å²) >= 11 is 0. The number of aromatic amines is 1. The monoisotopic (exact) mass is 355 g/mol. The van der Waals surface area contributed by atoms with Crippen molar-refractivity contribution in [2.45, 2.75) is 12.6 Å². The maximum Gasteiger partial charge on any atom is 0.390 e. The van der Waals surface area contributed by atoms with Crippen molar-refractivity contribution in [3.05, 3.63) is 42.5 Å². The summed E-state index contributed by atoms with van der Waals surface area (Å²) in [5, 5.41) is 11.9. The lowest BCUT2D eigenvalue weighted by Crippen LogP contribution is -2.14. The van der Waals surface area contributed by atoms with Crippen molar-refractivity contribution in [3.63, 3.8) is 0 Å². The minimum absolute atomic E-state index is 0.135. The second-order valence-corrected chi connectivity index (χ2v) is 5.28. The van der Waals surface area contributed by atoms with Gasteiger partial charge < -0.3 is 20.1 Å².